The molecule has 0 spiro atoms. The van der Waals surface area contributed by atoms with E-state index in [1.165, 1.54) is 12.0 Å². The molecule has 1 heterocycles. The van der Waals surface area contributed by atoms with Crippen LogP contribution in [0.15, 0.2) is 30.3 Å². The molecule has 1 aromatic rings. The number of carbonyl (C=O) groups excluding carboxylic acids is 1. The second kappa shape index (κ2) is 7.44. The minimum absolute atomic E-state index is 0. The summed E-state index contributed by atoms with van der Waals surface area (Å²) >= 11 is 0. The lowest BCUT2D eigenvalue weighted by Crippen LogP contribution is -2.57. The van der Waals surface area contributed by atoms with Gasteiger partial charge in [0.1, 0.15) is 6.10 Å². The van der Waals surface area contributed by atoms with E-state index in [4.69, 9.17) is 10.5 Å². The van der Waals surface area contributed by atoms with E-state index >= 15 is 0 Å². The van der Waals surface area contributed by atoms with Crippen molar-refractivity contribution in [3.63, 3.8) is 0 Å². The molecule has 0 aromatic heterocycles. The van der Waals surface area contributed by atoms with Crippen LogP contribution >= 0.6 is 12.4 Å². The number of halogens is 1. The Morgan fingerprint density at radius 3 is 2.55 bits per heavy atom. The van der Waals surface area contributed by atoms with Crippen molar-refractivity contribution in [2.24, 2.45) is 5.73 Å². The summed E-state index contributed by atoms with van der Waals surface area (Å²) in [7, 11) is 0. The maximum atomic E-state index is 12.4. The van der Waals surface area contributed by atoms with E-state index in [0.717, 1.165) is 32.1 Å². The Bertz CT molecular complexity index is 491. The average molecular weight is 325 g/mol. The van der Waals surface area contributed by atoms with Gasteiger partial charge in [0.05, 0.1) is 6.10 Å². The zero-order chi connectivity index (χ0) is 14.7. The molecule has 3 N–H and O–H groups in total. The van der Waals surface area contributed by atoms with Gasteiger partial charge in [-0.1, -0.05) is 30.3 Å². The van der Waals surface area contributed by atoms with Gasteiger partial charge < -0.3 is 15.8 Å². The van der Waals surface area contributed by atoms with Gasteiger partial charge in [-0.3, -0.25) is 4.79 Å². The Hall–Kier alpha value is -1.10. The SMILES string of the molecule is Cl.NC[C@H]1CC[C@@H](C(=O)NC2(Cc3ccccc3)CCC2)O1. The smallest absolute Gasteiger partial charge is 0.249 e. The van der Waals surface area contributed by atoms with Crippen molar-refractivity contribution in [1.82, 2.24) is 5.32 Å². The summed E-state index contributed by atoms with van der Waals surface area (Å²) in [5, 5.41) is 3.26. The average Bonchev–Trinajstić information content (AvgIpc) is 2.95. The van der Waals surface area contributed by atoms with Crippen molar-refractivity contribution >= 4 is 18.3 Å². The molecular weight excluding hydrogens is 300 g/mol. The minimum atomic E-state index is -0.313. The Balaban J connectivity index is 0.00000176. The van der Waals surface area contributed by atoms with Crippen LogP contribution < -0.4 is 11.1 Å². The molecule has 3 rings (SSSR count). The number of carbonyl (C=O) groups is 1. The highest BCUT2D eigenvalue weighted by atomic mass is 35.5. The molecule has 2 fully saturated rings. The van der Waals surface area contributed by atoms with Crippen molar-refractivity contribution in [3.8, 4) is 0 Å². The minimum Gasteiger partial charge on any atom is -0.364 e. The van der Waals surface area contributed by atoms with Gasteiger partial charge in [-0.15, -0.1) is 12.4 Å². The van der Waals surface area contributed by atoms with Crippen LogP contribution in [0.5, 0.6) is 0 Å². The zero-order valence-electron chi connectivity index (χ0n) is 12.8. The summed E-state index contributed by atoms with van der Waals surface area (Å²) < 4.78 is 5.70. The Morgan fingerprint density at radius 1 is 1.27 bits per heavy atom. The first-order chi connectivity index (χ1) is 10.2. The lowest BCUT2D eigenvalue weighted by atomic mass is 9.72. The van der Waals surface area contributed by atoms with Crippen molar-refractivity contribution in [1.29, 1.82) is 0 Å². The second-order valence-electron chi connectivity index (χ2n) is 6.35. The van der Waals surface area contributed by atoms with Crippen LogP contribution in [-0.2, 0) is 16.0 Å². The summed E-state index contributed by atoms with van der Waals surface area (Å²) in [6.07, 6.45) is 5.62. The molecule has 1 aromatic carbocycles. The van der Waals surface area contributed by atoms with Gasteiger partial charge in [-0.2, -0.15) is 0 Å². The van der Waals surface area contributed by atoms with Gasteiger partial charge in [0, 0.05) is 12.1 Å². The van der Waals surface area contributed by atoms with E-state index in [-0.39, 0.29) is 36.1 Å². The predicted molar refractivity (Wildman–Crippen MR) is 89.1 cm³/mol. The number of ether oxygens (including phenoxy) is 1. The molecule has 2 aliphatic rings. The highest BCUT2D eigenvalue weighted by molar-refractivity contribution is 5.85. The fourth-order valence-corrected chi connectivity index (χ4v) is 3.35. The van der Waals surface area contributed by atoms with E-state index in [1.54, 1.807) is 0 Å². The Kier molecular flexibility index (Phi) is 5.84. The predicted octanol–water partition coefficient (Wildman–Crippen LogP) is 2.20. The first kappa shape index (κ1) is 17.3. The van der Waals surface area contributed by atoms with Crippen LogP contribution in [0.1, 0.15) is 37.7 Å². The largest absolute Gasteiger partial charge is 0.364 e. The van der Waals surface area contributed by atoms with Crippen LogP contribution in [0.2, 0.25) is 0 Å². The monoisotopic (exact) mass is 324 g/mol. The van der Waals surface area contributed by atoms with Gasteiger partial charge in [0.2, 0.25) is 5.91 Å². The number of amides is 1. The number of hydrogen-bond acceptors (Lipinski definition) is 3. The summed E-state index contributed by atoms with van der Waals surface area (Å²) in [6.45, 7) is 0.499. The van der Waals surface area contributed by atoms with Gasteiger partial charge in [-0.05, 0) is 44.1 Å². The third kappa shape index (κ3) is 3.80. The molecule has 1 saturated heterocycles. The van der Waals surface area contributed by atoms with Crippen molar-refractivity contribution in [3.05, 3.63) is 35.9 Å². The molecule has 0 radical (unpaired) electrons. The quantitative estimate of drug-likeness (QED) is 0.872. The normalized spacial score (nSPS) is 25.9. The number of nitrogens with one attached hydrogen (secondary N) is 1. The molecule has 22 heavy (non-hydrogen) atoms. The molecule has 1 aliphatic heterocycles. The van der Waals surface area contributed by atoms with Crippen LogP contribution in [0.4, 0.5) is 0 Å². The fourth-order valence-electron chi connectivity index (χ4n) is 3.35. The highest BCUT2D eigenvalue weighted by Crippen LogP contribution is 2.35. The maximum absolute atomic E-state index is 12.4. The highest BCUT2D eigenvalue weighted by Gasteiger charge is 2.41. The third-order valence-electron chi connectivity index (χ3n) is 4.75. The fraction of sp³-hybridized carbons (Fsp3) is 0.588. The number of benzene rings is 1. The summed E-state index contributed by atoms with van der Waals surface area (Å²) in [5.74, 6) is 0.0431. The van der Waals surface area contributed by atoms with Crippen LogP contribution in [-0.4, -0.2) is 30.2 Å². The molecule has 1 aliphatic carbocycles. The zero-order valence-corrected chi connectivity index (χ0v) is 13.6. The van der Waals surface area contributed by atoms with Crippen LogP contribution in [0.3, 0.4) is 0 Å². The maximum Gasteiger partial charge on any atom is 0.249 e. The van der Waals surface area contributed by atoms with Gasteiger partial charge in [-0.25, -0.2) is 0 Å². The summed E-state index contributed by atoms with van der Waals surface area (Å²) in [6, 6.07) is 10.4. The molecule has 2 atom stereocenters. The molecular formula is C17H25ClN2O2. The summed E-state index contributed by atoms with van der Waals surface area (Å²) in [5.41, 5.74) is 6.82. The lowest BCUT2D eigenvalue weighted by molar-refractivity contribution is -0.135. The second-order valence-corrected chi connectivity index (χ2v) is 6.35. The first-order valence-corrected chi connectivity index (χ1v) is 7.92. The van der Waals surface area contributed by atoms with Crippen molar-refractivity contribution in [2.75, 3.05) is 6.54 Å². The van der Waals surface area contributed by atoms with E-state index in [2.05, 4.69) is 29.6 Å². The topological polar surface area (TPSA) is 64.4 Å². The molecule has 1 saturated carbocycles. The first-order valence-electron chi connectivity index (χ1n) is 7.92. The van der Waals surface area contributed by atoms with E-state index in [1.807, 2.05) is 6.07 Å². The van der Waals surface area contributed by atoms with Crippen molar-refractivity contribution < 1.29 is 9.53 Å². The molecule has 122 valence electrons. The third-order valence-corrected chi connectivity index (χ3v) is 4.75. The Morgan fingerprint density at radius 2 is 2.00 bits per heavy atom. The Labute approximate surface area is 138 Å². The van der Waals surface area contributed by atoms with Gasteiger partial charge >= 0.3 is 0 Å². The van der Waals surface area contributed by atoms with Crippen LogP contribution in [0, 0.1) is 0 Å². The molecule has 0 bridgehead atoms. The standard InChI is InChI=1S/C17H24N2O2.ClH/c18-12-14-7-8-15(21-14)16(20)19-17(9-4-10-17)11-13-5-2-1-3-6-13;/h1-3,5-6,14-15H,4,7-12,18H2,(H,19,20);1H/t14-,15+;/m1./s1. The number of nitrogens with two attached hydrogens (primary N) is 1. The number of hydrogen-bond donors (Lipinski definition) is 2. The molecule has 0 unspecified atom stereocenters. The lowest BCUT2D eigenvalue weighted by Gasteiger charge is -2.43. The van der Waals surface area contributed by atoms with E-state index in [9.17, 15) is 4.79 Å². The summed E-state index contributed by atoms with van der Waals surface area (Å²) in [4.78, 5) is 12.4. The van der Waals surface area contributed by atoms with Crippen LogP contribution in [0.25, 0.3) is 0 Å². The van der Waals surface area contributed by atoms with Gasteiger partial charge in [0.25, 0.3) is 0 Å². The van der Waals surface area contributed by atoms with Crippen molar-refractivity contribution in [2.45, 2.75) is 56.3 Å². The van der Waals surface area contributed by atoms with E-state index < -0.39 is 0 Å². The molecule has 5 heteroatoms. The van der Waals surface area contributed by atoms with Gasteiger partial charge in [0.15, 0.2) is 0 Å². The molecule has 1 amide bonds. The molecule has 4 nitrogen and oxygen atoms in total. The number of rotatable bonds is 5. The van der Waals surface area contributed by atoms with E-state index in [0.29, 0.717) is 6.54 Å².